The molecule has 1 aromatic carbocycles. The van der Waals surface area contributed by atoms with Crippen LogP contribution in [0.4, 0.5) is 0 Å². The summed E-state index contributed by atoms with van der Waals surface area (Å²) in [5.41, 5.74) is 1.48. The lowest BCUT2D eigenvalue weighted by Crippen LogP contribution is -2.32. The first-order valence-electron chi connectivity index (χ1n) is 9.81. The molecule has 0 atom stereocenters. The topological polar surface area (TPSA) is 95.0 Å². The largest absolute Gasteiger partial charge is 0.462 e. The molecule has 0 aliphatic carbocycles. The molecule has 0 spiro atoms. The first-order chi connectivity index (χ1) is 15.0. The molecule has 4 rings (SSSR count). The van der Waals surface area contributed by atoms with Gasteiger partial charge in [-0.15, -0.1) is 0 Å². The van der Waals surface area contributed by atoms with Crippen molar-refractivity contribution in [3.63, 3.8) is 0 Å². The Labute approximate surface area is 177 Å². The van der Waals surface area contributed by atoms with Gasteiger partial charge in [0, 0.05) is 13.1 Å². The molecule has 0 saturated carbocycles. The summed E-state index contributed by atoms with van der Waals surface area (Å²) >= 11 is 0. The van der Waals surface area contributed by atoms with Gasteiger partial charge in [0.25, 0.3) is 5.56 Å². The molecular weight excluding hydrogens is 396 g/mol. The second kappa shape index (κ2) is 8.35. The Morgan fingerprint density at radius 2 is 1.84 bits per heavy atom. The summed E-state index contributed by atoms with van der Waals surface area (Å²) in [6, 6.07) is 16.1. The molecule has 0 fully saturated rings. The molecule has 0 unspecified atom stereocenters. The van der Waals surface area contributed by atoms with E-state index in [0.29, 0.717) is 11.3 Å². The maximum atomic E-state index is 13.2. The van der Waals surface area contributed by atoms with Crippen molar-refractivity contribution >= 4 is 28.6 Å². The average molecular weight is 416 g/mol. The number of ether oxygens (including phenoxy) is 1. The number of pyridine rings is 2. The summed E-state index contributed by atoms with van der Waals surface area (Å²) < 4.78 is 8.21. The predicted octanol–water partition coefficient (Wildman–Crippen LogP) is 2.32. The van der Waals surface area contributed by atoms with E-state index in [9.17, 15) is 14.4 Å². The van der Waals surface area contributed by atoms with Crippen molar-refractivity contribution in [2.75, 3.05) is 6.61 Å². The van der Waals surface area contributed by atoms with Crippen molar-refractivity contribution in [3.05, 3.63) is 87.8 Å². The molecule has 0 N–H and O–H groups in total. The fourth-order valence-corrected chi connectivity index (χ4v) is 3.42. The number of esters is 1. The van der Waals surface area contributed by atoms with E-state index in [1.807, 2.05) is 30.3 Å². The van der Waals surface area contributed by atoms with Gasteiger partial charge in [-0.25, -0.2) is 9.78 Å². The summed E-state index contributed by atoms with van der Waals surface area (Å²) in [5, 5.41) is 0.227. The van der Waals surface area contributed by atoms with Crippen LogP contribution in [0.5, 0.6) is 0 Å². The summed E-state index contributed by atoms with van der Waals surface area (Å²) in [6.07, 6.45) is 1.61. The number of hydrogen-bond acceptors (Lipinski definition) is 5. The minimum atomic E-state index is -0.663. The van der Waals surface area contributed by atoms with Crippen LogP contribution in [0.25, 0.3) is 16.7 Å². The molecule has 8 nitrogen and oxygen atoms in total. The number of nitrogens with zero attached hydrogens (tertiary/aromatic N) is 4. The van der Waals surface area contributed by atoms with E-state index < -0.39 is 11.9 Å². The van der Waals surface area contributed by atoms with E-state index in [2.05, 4.69) is 9.98 Å². The minimum absolute atomic E-state index is 0.0373. The lowest BCUT2D eigenvalue weighted by atomic mass is 10.1. The van der Waals surface area contributed by atoms with Gasteiger partial charge < -0.3 is 9.30 Å². The standard InChI is InChI=1S/C23H20N4O4/c1-3-31-23(30)18-13-17-20(25-19-11-7-8-12-26(19)22(17)29)27(21(18)24-15(2)28)14-16-9-5-4-6-10-16/h4-13H,3,14H2,1-2H3. The first kappa shape index (κ1) is 20.2. The fourth-order valence-electron chi connectivity index (χ4n) is 3.42. The van der Waals surface area contributed by atoms with Gasteiger partial charge in [0.15, 0.2) is 5.49 Å². The maximum absolute atomic E-state index is 13.2. The Hall–Kier alpha value is -4.07. The molecule has 3 aromatic heterocycles. The van der Waals surface area contributed by atoms with E-state index >= 15 is 0 Å². The van der Waals surface area contributed by atoms with Gasteiger partial charge in [-0.2, -0.15) is 4.99 Å². The number of amides is 1. The van der Waals surface area contributed by atoms with Crippen molar-refractivity contribution in [1.29, 1.82) is 0 Å². The Morgan fingerprint density at radius 1 is 1.10 bits per heavy atom. The van der Waals surface area contributed by atoms with E-state index in [1.54, 1.807) is 35.9 Å². The van der Waals surface area contributed by atoms with Gasteiger partial charge in [-0.05, 0) is 30.7 Å². The van der Waals surface area contributed by atoms with Crippen LogP contribution in [0, 0.1) is 0 Å². The zero-order valence-electron chi connectivity index (χ0n) is 17.1. The molecule has 3 heterocycles. The SMILES string of the molecule is CCOC(=O)c1cc2c(=O)n3ccccc3nc2n(Cc2ccccc2)c1=NC(C)=O. The number of rotatable bonds is 4. The van der Waals surface area contributed by atoms with Gasteiger partial charge >= 0.3 is 5.97 Å². The van der Waals surface area contributed by atoms with Crippen molar-refractivity contribution in [3.8, 4) is 0 Å². The second-order valence-corrected chi connectivity index (χ2v) is 6.89. The molecule has 4 aromatic rings. The zero-order valence-corrected chi connectivity index (χ0v) is 17.1. The lowest BCUT2D eigenvalue weighted by molar-refractivity contribution is -0.116. The highest BCUT2D eigenvalue weighted by Gasteiger charge is 2.19. The number of benzene rings is 1. The van der Waals surface area contributed by atoms with E-state index in [-0.39, 0.29) is 35.1 Å². The molecule has 0 aliphatic rings. The fraction of sp³-hybridized carbons (Fsp3) is 0.174. The smallest absolute Gasteiger partial charge is 0.341 e. The normalized spacial score (nSPS) is 11.7. The van der Waals surface area contributed by atoms with Crippen LogP contribution in [0.1, 0.15) is 29.8 Å². The molecule has 156 valence electrons. The lowest BCUT2D eigenvalue weighted by Gasteiger charge is -2.15. The molecule has 8 heteroatoms. The quantitative estimate of drug-likeness (QED) is 0.376. The van der Waals surface area contributed by atoms with Crippen LogP contribution in [0.2, 0.25) is 0 Å². The van der Waals surface area contributed by atoms with Crippen molar-refractivity contribution in [1.82, 2.24) is 14.0 Å². The summed E-state index contributed by atoms with van der Waals surface area (Å²) in [5.74, 6) is -1.15. The molecule has 31 heavy (non-hydrogen) atoms. The van der Waals surface area contributed by atoms with Crippen molar-refractivity contribution < 1.29 is 14.3 Å². The molecule has 0 aliphatic heterocycles. The summed E-state index contributed by atoms with van der Waals surface area (Å²) in [4.78, 5) is 46.6. The van der Waals surface area contributed by atoms with E-state index in [4.69, 9.17) is 4.74 Å². The second-order valence-electron chi connectivity index (χ2n) is 6.89. The minimum Gasteiger partial charge on any atom is -0.462 e. The third kappa shape index (κ3) is 3.87. The zero-order chi connectivity index (χ0) is 22.0. The van der Waals surface area contributed by atoms with Crippen LogP contribution in [0.15, 0.2) is 70.6 Å². The predicted molar refractivity (Wildman–Crippen MR) is 115 cm³/mol. The highest BCUT2D eigenvalue weighted by Crippen LogP contribution is 2.13. The van der Waals surface area contributed by atoms with Crippen LogP contribution in [0.3, 0.4) is 0 Å². The van der Waals surface area contributed by atoms with E-state index in [0.717, 1.165) is 5.56 Å². The van der Waals surface area contributed by atoms with Crippen LogP contribution in [-0.4, -0.2) is 32.4 Å². The number of aromatic nitrogens is 3. The third-order valence-corrected chi connectivity index (χ3v) is 4.73. The average Bonchev–Trinajstić information content (AvgIpc) is 2.76. The van der Waals surface area contributed by atoms with Gasteiger partial charge in [0.05, 0.1) is 18.5 Å². The number of carbonyl (C=O) groups excluding carboxylic acids is 2. The summed E-state index contributed by atoms with van der Waals surface area (Å²) in [7, 11) is 0. The van der Waals surface area contributed by atoms with Gasteiger partial charge in [0.1, 0.15) is 16.9 Å². The Morgan fingerprint density at radius 3 is 2.55 bits per heavy atom. The summed E-state index contributed by atoms with van der Waals surface area (Å²) in [6.45, 7) is 3.38. The van der Waals surface area contributed by atoms with Crippen LogP contribution in [-0.2, 0) is 16.1 Å². The molecule has 0 bridgehead atoms. The monoisotopic (exact) mass is 416 g/mol. The molecular formula is C23H20N4O4. The Balaban J connectivity index is 2.18. The molecule has 1 amide bonds. The Kier molecular flexibility index (Phi) is 5.44. The first-order valence-corrected chi connectivity index (χ1v) is 9.81. The van der Waals surface area contributed by atoms with Gasteiger partial charge in [0.2, 0.25) is 5.91 Å². The van der Waals surface area contributed by atoms with E-state index in [1.165, 1.54) is 17.4 Å². The number of fused-ring (bicyclic) bond motifs is 2. The highest BCUT2D eigenvalue weighted by atomic mass is 16.5. The Bertz CT molecular complexity index is 1440. The number of carbonyl (C=O) groups is 2. The van der Waals surface area contributed by atoms with Crippen molar-refractivity contribution in [2.45, 2.75) is 20.4 Å². The van der Waals surface area contributed by atoms with Crippen molar-refractivity contribution in [2.24, 2.45) is 4.99 Å². The third-order valence-electron chi connectivity index (χ3n) is 4.73. The molecule has 0 saturated heterocycles. The molecule has 0 radical (unpaired) electrons. The van der Waals surface area contributed by atoms with Crippen LogP contribution >= 0.6 is 0 Å². The van der Waals surface area contributed by atoms with Gasteiger partial charge in [-0.1, -0.05) is 36.4 Å². The maximum Gasteiger partial charge on any atom is 0.341 e. The number of hydrogen-bond donors (Lipinski definition) is 0. The van der Waals surface area contributed by atoms with Gasteiger partial charge in [-0.3, -0.25) is 14.0 Å². The highest BCUT2D eigenvalue weighted by molar-refractivity contribution is 5.93. The van der Waals surface area contributed by atoms with Crippen LogP contribution < -0.4 is 11.0 Å².